The Kier molecular flexibility index (Phi) is 5.79. The Morgan fingerprint density at radius 3 is 2.19 bits per heavy atom. The number of amides is 1. The highest BCUT2D eigenvalue weighted by Crippen LogP contribution is 2.50. The molecule has 2 fully saturated rings. The maximum Gasteiger partial charge on any atom is 0.338 e. The molecule has 2 atom stereocenters. The van der Waals surface area contributed by atoms with E-state index in [-0.39, 0.29) is 47.3 Å². The van der Waals surface area contributed by atoms with Gasteiger partial charge in [0.1, 0.15) is 0 Å². The molecule has 1 aliphatic carbocycles. The zero-order valence-corrected chi connectivity index (χ0v) is 15.8. The van der Waals surface area contributed by atoms with E-state index in [9.17, 15) is 14.4 Å². The second-order valence-corrected chi connectivity index (χ2v) is 7.11. The van der Waals surface area contributed by atoms with Crippen molar-refractivity contribution in [3.63, 3.8) is 0 Å². The Morgan fingerprint density at radius 2 is 1.67 bits per heavy atom. The Labute approximate surface area is 158 Å². The number of hydrogen-bond acceptors (Lipinski definition) is 6. The molecule has 146 valence electrons. The van der Waals surface area contributed by atoms with Gasteiger partial charge in [-0.05, 0) is 57.9 Å². The highest BCUT2D eigenvalue weighted by atomic mass is 16.5. The second-order valence-electron chi connectivity index (χ2n) is 7.11. The van der Waals surface area contributed by atoms with Gasteiger partial charge in [-0.2, -0.15) is 0 Å². The van der Waals surface area contributed by atoms with Gasteiger partial charge in [0, 0.05) is 23.6 Å². The van der Waals surface area contributed by atoms with E-state index >= 15 is 0 Å². The maximum atomic E-state index is 12.8. The van der Waals surface area contributed by atoms with Gasteiger partial charge in [-0.3, -0.25) is 4.79 Å². The lowest BCUT2D eigenvalue weighted by atomic mass is 9.95. The standard InChI is InChI=1S/C20H26N2O5/c1-3-26-18(24)14-8-13(9-15(10-14)19(25)27-4-2)17(23)22-16-11-20(16)6-5-7-21-12-20/h8-10,16,21H,3-7,11-12H2,1-2H3,(H,22,23). The first-order valence-corrected chi connectivity index (χ1v) is 9.50. The lowest BCUT2D eigenvalue weighted by Crippen LogP contribution is -2.38. The molecule has 0 aromatic heterocycles. The van der Waals surface area contributed by atoms with E-state index in [1.54, 1.807) is 13.8 Å². The van der Waals surface area contributed by atoms with Gasteiger partial charge in [-0.1, -0.05) is 0 Å². The summed E-state index contributed by atoms with van der Waals surface area (Å²) in [6, 6.07) is 4.44. The van der Waals surface area contributed by atoms with Crippen LogP contribution in [-0.4, -0.2) is 50.2 Å². The summed E-state index contributed by atoms with van der Waals surface area (Å²) in [7, 11) is 0. The van der Waals surface area contributed by atoms with Gasteiger partial charge in [0.15, 0.2) is 0 Å². The SMILES string of the molecule is CCOC(=O)c1cc(C(=O)NC2CC23CCCNC3)cc(C(=O)OCC)c1. The van der Waals surface area contributed by atoms with Crippen molar-refractivity contribution in [3.8, 4) is 0 Å². The molecule has 1 aromatic carbocycles. The number of esters is 2. The topological polar surface area (TPSA) is 93.7 Å². The number of piperidine rings is 1. The van der Waals surface area contributed by atoms with Gasteiger partial charge in [-0.25, -0.2) is 9.59 Å². The van der Waals surface area contributed by atoms with Crippen LogP contribution in [0.4, 0.5) is 0 Å². The molecule has 1 aliphatic heterocycles. The molecular formula is C20H26N2O5. The van der Waals surface area contributed by atoms with E-state index in [2.05, 4.69) is 10.6 Å². The number of carbonyl (C=O) groups excluding carboxylic acids is 3. The Hall–Kier alpha value is -2.41. The fourth-order valence-corrected chi connectivity index (χ4v) is 3.68. The number of hydrogen-bond donors (Lipinski definition) is 2. The first kappa shape index (κ1) is 19.4. The van der Waals surface area contributed by atoms with Crippen LogP contribution < -0.4 is 10.6 Å². The Morgan fingerprint density at radius 1 is 1.07 bits per heavy atom. The zero-order chi connectivity index (χ0) is 19.4. The van der Waals surface area contributed by atoms with Gasteiger partial charge in [0.25, 0.3) is 5.91 Å². The van der Waals surface area contributed by atoms with Crippen LogP contribution in [0.1, 0.15) is 64.2 Å². The van der Waals surface area contributed by atoms with Crippen molar-refractivity contribution in [2.75, 3.05) is 26.3 Å². The van der Waals surface area contributed by atoms with Crippen LogP contribution in [0, 0.1) is 5.41 Å². The van der Waals surface area contributed by atoms with Gasteiger partial charge in [-0.15, -0.1) is 0 Å². The molecule has 1 saturated carbocycles. The van der Waals surface area contributed by atoms with Crippen molar-refractivity contribution in [1.29, 1.82) is 0 Å². The summed E-state index contributed by atoms with van der Waals surface area (Å²) in [4.78, 5) is 37.0. The Bertz CT molecular complexity index is 704. The van der Waals surface area contributed by atoms with Crippen LogP contribution in [0.15, 0.2) is 18.2 Å². The van der Waals surface area contributed by atoms with Gasteiger partial charge in [0.2, 0.25) is 0 Å². The minimum absolute atomic E-state index is 0.120. The monoisotopic (exact) mass is 374 g/mol. The van der Waals surface area contributed by atoms with E-state index in [4.69, 9.17) is 9.47 Å². The van der Waals surface area contributed by atoms with Crippen LogP contribution in [-0.2, 0) is 9.47 Å². The minimum atomic E-state index is -0.572. The van der Waals surface area contributed by atoms with E-state index in [1.165, 1.54) is 18.2 Å². The molecule has 7 heteroatoms. The lowest BCUT2D eigenvalue weighted by molar-refractivity contribution is 0.0525. The van der Waals surface area contributed by atoms with Gasteiger partial charge in [0.05, 0.1) is 24.3 Å². The highest BCUT2D eigenvalue weighted by molar-refractivity contribution is 6.02. The van der Waals surface area contributed by atoms with Crippen LogP contribution in [0.25, 0.3) is 0 Å². The summed E-state index contributed by atoms with van der Waals surface area (Å²) in [5.74, 6) is -1.44. The fraction of sp³-hybridized carbons (Fsp3) is 0.550. The number of benzene rings is 1. The van der Waals surface area contributed by atoms with Crippen LogP contribution in [0.5, 0.6) is 0 Å². The summed E-state index contributed by atoms with van der Waals surface area (Å²) >= 11 is 0. The minimum Gasteiger partial charge on any atom is -0.462 e. The summed E-state index contributed by atoms with van der Waals surface area (Å²) in [5, 5.41) is 6.43. The molecular weight excluding hydrogens is 348 g/mol. The molecule has 1 aromatic rings. The van der Waals surface area contributed by atoms with Crippen LogP contribution in [0.3, 0.4) is 0 Å². The molecule has 1 saturated heterocycles. The van der Waals surface area contributed by atoms with E-state index in [0.717, 1.165) is 32.4 Å². The maximum absolute atomic E-state index is 12.8. The molecule has 1 amide bonds. The second kappa shape index (κ2) is 8.08. The molecule has 27 heavy (non-hydrogen) atoms. The molecule has 2 N–H and O–H groups in total. The lowest BCUT2D eigenvalue weighted by Gasteiger charge is -2.23. The third-order valence-electron chi connectivity index (χ3n) is 5.22. The van der Waals surface area contributed by atoms with E-state index in [1.807, 2.05) is 0 Å². The van der Waals surface area contributed by atoms with Gasteiger partial charge >= 0.3 is 11.9 Å². The third-order valence-corrected chi connectivity index (χ3v) is 5.22. The first-order valence-electron chi connectivity index (χ1n) is 9.50. The molecule has 3 rings (SSSR count). The average Bonchev–Trinajstić information content (AvgIpc) is 3.32. The zero-order valence-electron chi connectivity index (χ0n) is 15.8. The fourth-order valence-electron chi connectivity index (χ4n) is 3.68. The third kappa shape index (κ3) is 4.30. The molecule has 2 aliphatic rings. The summed E-state index contributed by atoms with van der Waals surface area (Å²) in [6.45, 7) is 5.75. The predicted molar refractivity (Wildman–Crippen MR) is 98.8 cm³/mol. The highest BCUT2D eigenvalue weighted by Gasteiger charge is 2.54. The largest absolute Gasteiger partial charge is 0.462 e. The first-order chi connectivity index (χ1) is 13.0. The molecule has 7 nitrogen and oxygen atoms in total. The molecule has 1 heterocycles. The van der Waals surface area contributed by atoms with Gasteiger partial charge < -0.3 is 20.1 Å². The predicted octanol–water partition coefficient (Wildman–Crippen LogP) is 1.91. The summed E-state index contributed by atoms with van der Waals surface area (Å²) in [6.07, 6.45) is 3.16. The van der Waals surface area contributed by atoms with Crippen molar-refractivity contribution >= 4 is 17.8 Å². The van der Waals surface area contributed by atoms with Crippen molar-refractivity contribution in [2.24, 2.45) is 5.41 Å². The number of rotatable bonds is 6. The number of nitrogens with one attached hydrogen (secondary N) is 2. The Balaban J connectivity index is 1.79. The molecule has 0 radical (unpaired) electrons. The molecule has 1 spiro atoms. The number of carbonyl (C=O) groups is 3. The number of ether oxygens (including phenoxy) is 2. The van der Waals surface area contributed by atoms with Crippen LogP contribution in [0.2, 0.25) is 0 Å². The molecule has 2 unspecified atom stereocenters. The average molecular weight is 374 g/mol. The van der Waals surface area contributed by atoms with Crippen molar-refractivity contribution in [2.45, 2.75) is 39.2 Å². The smallest absolute Gasteiger partial charge is 0.338 e. The molecule has 0 bridgehead atoms. The quantitative estimate of drug-likeness (QED) is 0.739. The van der Waals surface area contributed by atoms with E-state index < -0.39 is 11.9 Å². The summed E-state index contributed by atoms with van der Waals surface area (Å²) < 4.78 is 10.0. The normalized spacial score (nSPS) is 23.6. The van der Waals surface area contributed by atoms with Crippen molar-refractivity contribution in [1.82, 2.24) is 10.6 Å². The van der Waals surface area contributed by atoms with Crippen molar-refractivity contribution in [3.05, 3.63) is 34.9 Å². The van der Waals surface area contributed by atoms with E-state index in [0.29, 0.717) is 0 Å². The summed E-state index contributed by atoms with van der Waals surface area (Å²) in [5.41, 5.74) is 0.737. The van der Waals surface area contributed by atoms with Crippen LogP contribution >= 0.6 is 0 Å². The van der Waals surface area contributed by atoms with Crippen molar-refractivity contribution < 1.29 is 23.9 Å².